The van der Waals surface area contributed by atoms with Crippen molar-refractivity contribution >= 4 is 13.2 Å². The fourth-order valence-electron chi connectivity index (χ4n) is 7.25. The average molecular weight is 715 g/mol. The summed E-state index contributed by atoms with van der Waals surface area (Å²) in [4.78, 5) is 13.2. The minimum absolute atomic E-state index is 0.145. The second-order valence-electron chi connectivity index (χ2n) is 12.1. The molecule has 0 saturated heterocycles. The van der Waals surface area contributed by atoms with Crippen LogP contribution in [0.4, 0.5) is 0 Å². The first-order valence-corrected chi connectivity index (χ1v) is 18.6. The number of rotatable bonds is 17. The van der Waals surface area contributed by atoms with Crippen LogP contribution < -0.4 is 5.32 Å². The number of carbonyl (C=O) groups is 1. The van der Waals surface area contributed by atoms with E-state index in [0.29, 0.717) is 54.8 Å². The smallest absolute Gasteiger partial charge is 0.251 e. The van der Waals surface area contributed by atoms with Crippen molar-refractivity contribution in [2.45, 2.75) is 44.5 Å². The summed E-state index contributed by atoms with van der Waals surface area (Å²) in [6, 6.07) is 9.19. The van der Waals surface area contributed by atoms with Crippen LogP contribution in [0.25, 0.3) is 0 Å². The summed E-state index contributed by atoms with van der Waals surface area (Å²) in [5.41, 5.74) is 0.595. The minimum atomic E-state index is -3.00. The zero-order chi connectivity index (χ0) is 36.4. The van der Waals surface area contributed by atoms with Crippen LogP contribution in [0.15, 0.2) is 99.1 Å². The highest BCUT2D eigenvalue weighted by Gasteiger charge is 2.64. The van der Waals surface area contributed by atoms with Crippen molar-refractivity contribution < 1.29 is 47.4 Å². The molecule has 0 bridgehead atoms. The normalized spacial score (nSPS) is 22.7. The molecule has 3 aliphatic rings. The standard InChI is InChI=1S/C38H52NO10P/c1-24-28(43-4)23-33(48-9)37(34(24)49-10)50(18-14-17-39-38(40)25-15-12-11-13-16-25,35-29(44-5)19-26(41-2)20-30(35)45-6)36-31(46-7)21-27(42-3)22-32(36)47-8/h11-13,15-16,19,21,23-24,30,32,34H,14,17-18,20,22H2,1-10H3/p+1/t24?,30-,32-,34-/m0/s1. The number of nitrogens with one attached hydrogen (secondary N) is 1. The molecule has 1 N–H and O–H groups in total. The summed E-state index contributed by atoms with van der Waals surface area (Å²) in [5.74, 6) is 3.71. The Kier molecular flexibility index (Phi) is 14.0. The SMILES string of the molecule is COC1=CC(OC)=C([P+](CCCNC(=O)c2ccccc2)(C2=C(OC)C=C(OC)C[C@@H]2OC)C2=C(OC)C=C(OC)C(C)[C@@H]2OC)[C@@H](OC)C1. The third-order valence-corrected chi connectivity index (χ3v) is 14.6. The fourth-order valence-corrected chi connectivity index (χ4v) is 13.1. The number of benzene rings is 1. The molecule has 0 aliphatic heterocycles. The molecule has 1 aromatic rings. The Bertz CT molecular complexity index is 1490. The molecule has 1 amide bonds. The number of allylic oxidation sites excluding steroid dienone is 3. The van der Waals surface area contributed by atoms with Gasteiger partial charge in [0.15, 0.2) is 33.2 Å². The van der Waals surface area contributed by atoms with Crippen LogP contribution in [0.5, 0.6) is 0 Å². The third-order valence-electron chi connectivity index (χ3n) is 9.64. The number of carbonyl (C=O) groups excluding carboxylic acids is 1. The second-order valence-corrected chi connectivity index (χ2v) is 15.6. The van der Waals surface area contributed by atoms with E-state index < -0.39 is 25.6 Å². The topological polar surface area (TPSA) is 112 Å². The second kappa shape index (κ2) is 17.9. The van der Waals surface area contributed by atoms with Crippen LogP contribution in [0.2, 0.25) is 0 Å². The molecule has 11 nitrogen and oxygen atoms in total. The fraction of sp³-hybridized carbons (Fsp3) is 0.500. The van der Waals surface area contributed by atoms with Crippen LogP contribution in [-0.2, 0) is 42.6 Å². The van der Waals surface area contributed by atoms with Crippen molar-refractivity contribution in [3.8, 4) is 0 Å². The monoisotopic (exact) mass is 714 g/mol. The molecule has 0 aromatic heterocycles. The van der Waals surface area contributed by atoms with Crippen LogP contribution in [0.3, 0.4) is 0 Å². The lowest BCUT2D eigenvalue weighted by Gasteiger charge is -2.44. The van der Waals surface area contributed by atoms with E-state index in [1.54, 1.807) is 76.1 Å². The van der Waals surface area contributed by atoms with E-state index in [9.17, 15) is 4.79 Å². The van der Waals surface area contributed by atoms with Gasteiger partial charge in [-0.2, -0.15) is 0 Å². The molecule has 50 heavy (non-hydrogen) atoms. The van der Waals surface area contributed by atoms with Gasteiger partial charge in [-0.25, -0.2) is 0 Å². The maximum Gasteiger partial charge on any atom is 0.251 e. The van der Waals surface area contributed by atoms with E-state index in [1.165, 1.54) is 0 Å². The maximum absolute atomic E-state index is 13.2. The molecule has 3 aliphatic carbocycles. The summed E-state index contributed by atoms with van der Waals surface area (Å²) in [5, 5.41) is 5.95. The predicted molar refractivity (Wildman–Crippen MR) is 193 cm³/mol. The first-order valence-electron chi connectivity index (χ1n) is 16.6. The average Bonchev–Trinajstić information content (AvgIpc) is 3.17. The first kappa shape index (κ1) is 39.0. The molecule has 4 atom stereocenters. The number of ether oxygens (including phenoxy) is 9. The summed E-state index contributed by atoms with van der Waals surface area (Å²) in [7, 11) is 12.0. The van der Waals surface area contributed by atoms with E-state index in [0.717, 1.165) is 33.2 Å². The quantitative estimate of drug-likeness (QED) is 0.142. The van der Waals surface area contributed by atoms with Crippen LogP contribution in [0.1, 0.15) is 36.5 Å². The van der Waals surface area contributed by atoms with E-state index in [1.807, 2.05) is 36.4 Å². The highest BCUT2D eigenvalue weighted by molar-refractivity contribution is 7.87. The lowest BCUT2D eigenvalue weighted by molar-refractivity contribution is 0.0715. The van der Waals surface area contributed by atoms with Crippen molar-refractivity contribution in [1.82, 2.24) is 5.32 Å². The molecule has 4 rings (SSSR count). The minimum Gasteiger partial charge on any atom is -0.501 e. The first-order chi connectivity index (χ1) is 24.2. The summed E-state index contributed by atoms with van der Waals surface area (Å²) < 4.78 is 55.4. The number of methoxy groups -OCH3 is 9. The molecular formula is C38H53NO10P+. The number of hydrogen-bond donors (Lipinski definition) is 1. The van der Waals surface area contributed by atoms with Crippen molar-refractivity contribution in [1.29, 1.82) is 0 Å². The van der Waals surface area contributed by atoms with E-state index >= 15 is 0 Å². The van der Waals surface area contributed by atoms with Gasteiger partial charge in [-0.1, -0.05) is 25.1 Å². The molecule has 0 fully saturated rings. The molecule has 0 heterocycles. The third kappa shape index (κ3) is 7.61. The van der Waals surface area contributed by atoms with Gasteiger partial charge in [-0.15, -0.1) is 0 Å². The van der Waals surface area contributed by atoms with Gasteiger partial charge in [0.2, 0.25) is 0 Å². The van der Waals surface area contributed by atoms with Gasteiger partial charge in [-0.05, 0) is 18.6 Å². The number of hydrogen-bond acceptors (Lipinski definition) is 10. The highest BCUT2D eigenvalue weighted by Crippen LogP contribution is 2.83. The zero-order valence-corrected chi connectivity index (χ0v) is 31.9. The Morgan fingerprint density at radius 1 is 0.680 bits per heavy atom. The molecule has 12 heteroatoms. The zero-order valence-electron chi connectivity index (χ0n) is 31.0. The van der Waals surface area contributed by atoms with Crippen molar-refractivity contribution in [2.75, 3.05) is 76.7 Å². The molecule has 1 aromatic carbocycles. The predicted octanol–water partition coefficient (Wildman–Crippen LogP) is 6.49. The van der Waals surface area contributed by atoms with Gasteiger partial charge >= 0.3 is 0 Å². The Morgan fingerprint density at radius 2 is 1.20 bits per heavy atom. The Hall–Kier alpha value is -3.76. The lowest BCUT2D eigenvalue weighted by Crippen LogP contribution is -2.38. The molecular weight excluding hydrogens is 661 g/mol. The van der Waals surface area contributed by atoms with Crippen molar-refractivity contribution in [3.63, 3.8) is 0 Å². The van der Waals surface area contributed by atoms with E-state index in [4.69, 9.17) is 42.6 Å². The lowest BCUT2D eigenvalue weighted by atomic mass is 9.96. The Balaban J connectivity index is 2.13. The Morgan fingerprint density at radius 3 is 1.64 bits per heavy atom. The summed E-state index contributed by atoms with van der Waals surface area (Å²) in [6.45, 7) is 2.48. The van der Waals surface area contributed by atoms with Gasteiger partial charge in [0, 0.05) is 70.4 Å². The van der Waals surface area contributed by atoms with E-state index in [-0.39, 0.29) is 11.8 Å². The molecule has 274 valence electrons. The largest absolute Gasteiger partial charge is 0.501 e. The summed E-state index contributed by atoms with van der Waals surface area (Å²) >= 11 is 0. The van der Waals surface area contributed by atoms with Crippen molar-refractivity contribution in [2.24, 2.45) is 5.92 Å². The van der Waals surface area contributed by atoms with Gasteiger partial charge in [0.25, 0.3) is 5.91 Å². The highest BCUT2D eigenvalue weighted by atomic mass is 31.2. The van der Waals surface area contributed by atoms with Crippen LogP contribution in [-0.4, -0.2) is 101 Å². The molecule has 1 unspecified atom stereocenters. The van der Waals surface area contributed by atoms with Crippen molar-refractivity contribution in [3.05, 3.63) is 105 Å². The van der Waals surface area contributed by atoms with Gasteiger partial charge < -0.3 is 47.9 Å². The Labute approximate surface area is 297 Å². The maximum atomic E-state index is 13.2. The van der Waals surface area contributed by atoms with Crippen LogP contribution >= 0.6 is 7.26 Å². The molecule has 0 radical (unpaired) electrons. The molecule has 0 saturated carbocycles. The van der Waals surface area contributed by atoms with Gasteiger partial charge in [0.1, 0.15) is 42.9 Å². The molecule has 0 spiro atoms. The van der Waals surface area contributed by atoms with Crippen LogP contribution in [0, 0.1) is 5.92 Å². The van der Waals surface area contributed by atoms with E-state index in [2.05, 4.69) is 12.2 Å². The van der Waals surface area contributed by atoms with Gasteiger partial charge in [-0.3, -0.25) is 4.79 Å². The number of amides is 1. The van der Waals surface area contributed by atoms with Gasteiger partial charge in [0.05, 0.1) is 48.8 Å². The summed E-state index contributed by atoms with van der Waals surface area (Å²) in [6.07, 6.45) is 6.49.